The SMILES string of the molecule is Cc1ccc(S(=O)(=O)N2CCN(CC(=O)NC3CCC(C)CC3)CC2)c(C)c1. The van der Waals surface area contributed by atoms with Crippen molar-refractivity contribution in [2.24, 2.45) is 5.92 Å². The summed E-state index contributed by atoms with van der Waals surface area (Å²) >= 11 is 0. The molecular weight excluding hydrogens is 374 g/mol. The van der Waals surface area contributed by atoms with Crippen molar-refractivity contribution >= 4 is 15.9 Å². The maximum absolute atomic E-state index is 13.0. The summed E-state index contributed by atoms with van der Waals surface area (Å²) in [5.74, 6) is 0.825. The third-order valence-corrected chi connectivity index (χ3v) is 8.09. The van der Waals surface area contributed by atoms with Gasteiger partial charge in [0.2, 0.25) is 15.9 Å². The number of benzene rings is 1. The van der Waals surface area contributed by atoms with E-state index in [1.807, 2.05) is 26.0 Å². The van der Waals surface area contributed by atoms with Gasteiger partial charge in [-0.3, -0.25) is 9.69 Å². The summed E-state index contributed by atoms with van der Waals surface area (Å²) in [4.78, 5) is 14.8. The van der Waals surface area contributed by atoms with E-state index in [-0.39, 0.29) is 5.91 Å². The number of amides is 1. The van der Waals surface area contributed by atoms with Gasteiger partial charge in [-0.15, -0.1) is 0 Å². The number of carbonyl (C=O) groups excluding carboxylic acids is 1. The van der Waals surface area contributed by atoms with Crippen LogP contribution in [-0.4, -0.2) is 62.3 Å². The number of sulfonamides is 1. The van der Waals surface area contributed by atoms with E-state index in [1.54, 1.807) is 10.4 Å². The van der Waals surface area contributed by atoms with Gasteiger partial charge in [0.15, 0.2) is 0 Å². The van der Waals surface area contributed by atoms with Crippen molar-refractivity contribution in [3.63, 3.8) is 0 Å². The van der Waals surface area contributed by atoms with Crippen LogP contribution in [0.3, 0.4) is 0 Å². The molecule has 6 nitrogen and oxygen atoms in total. The molecule has 0 atom stereocenters. The molecule has 1 aromatic carbocycles. The van der Waals surface area contributed by atoms with Crippen LogP contribution in [0.25, 0.3) is 0 Å². The van der Waals surface area contributed by atoms with Gasteiger partial charge < -0.3 is 5.32 Å². The molecule has 28 heavy (non-hydrogen) atoms. The molecule has 2 fully saturated rings. The summed E-state index contributed by atoms with van der Waals surface area (Å²) in [6.45, 7) is 8.42. The second-order valence-corrected chi connectivity index (χ2v) is 10.4. The Balaban J connectivity index is 1.50. The fraction of sp³-hybridized carbons (Fsp3) is 0.667. The molecule has 0 unspecified atom stereocenters. The molecule has 0 spiro atoms. The van der Waals surface area contributed by atoms with Crippen LogP contribution >= 0.6 is 0 Å². The molecule has 1 saturated carbocycles. The van der Waals surface area contributed by atoms with E-state index >= 15 is 0 Å². The first-order chi connectivity index (χ1) is 13.3. The standard InChI is InChI=1S/C21H33N3O3S/c1-16-4-7-19(8-5-16)22-21(25)15-23-10-12-24(13-11-23)28(26,27)20-9-6-17(2)14-18(20)3/h6,9,14,16,19H,4-5,7-8,10-13,15H2,1-3H3,(H,22,25). The van der Waals surface area contributed by atoms with Crippen molar-refractivity contribution in [3.8, 4) is 0 Å². The van der Waals surface area contributed by atoms with Crippen LogP contribution in [0.5, 0.6) is 0 Å². The first-order valence-electron chi connectivity index (χ1n) is 10.3. The van der Waals surface area contributed by atoms with Gasteiger partial charge in [0, 0.05) is 32.2 Å². The van der Waals surface area contributed by atoms with Crippen LogP contribution < -0.4 is 5.32 Å². The van der Waals surface area contributed by atoms with E-state index in [1.165, 1.54) is 12.8 Å². The van der Waals surface area contributed by atoms with Crippen molar-refractivity contribution in [1.29, 1.82) is 0 Å². The number of piperazine rings is 1. The zero-order chi connectivity index (χ0) is 20.3. The van der Waals surface area contributed by atoms with Gasteiger partial charge in [0.1, 0.15) is 0 Å². The van der Waals surface area contributed by atoms with Crippen molar-refractivity contribution in [1.82, 2.24) is 14.5 Å². The largest absolute Gasteiger partial charge is 0.352 e. The molecule has 1 aromatic rings. The van der Waals surface area contributed by atoms with Gasteiger partial charge in [-0.1, -0.05) is 24.6 Å². The average molecular weight is 408 g/mol. The number of nitrogens with zero attached hydrogens (tertiary/aromatic N) is 2. The molecule has 1 aliphatic heterocycles. The Morgan fingerprint density at radius 1 is 1.07 bits per heavy atom. The average Bonchev–Trinajstić information content (AvgIpc) is 2.64. The molecule has 1 aliphatic carbocycles. The topological polar surface area (TPSA) is 69.7 Å². The quantitative estimate of drug-likeness (QED) is 0.813. The summed E-state index contributed by atoms with van der Waals surface area (Å²) < 4.78 is 27.5. The lowest BCUT2D eigenvalue weighted by Gasteiger charge is -2.34. The number of aryl methyl sites for hydroxylation is 2. The predicted octanol–water partition coefficient (Wildman–Crippen LogP) is 2.30. The Bertz CT molecular complexity index is 793. The Morgan fingerprint density at radius 2 is 1.71 bits per heavy atom. The maximum atomic E-state index is 13.0. The minimum atomic E-state index is -3.48. The van der Waals surface area contributed by atoms with Crippen LogP contribution in [0.2, 0.25) is 0 Å². The fourth-order valence-corrected chi connectivity index (χ4v) is 5.86. The molecule has 1 amide bonds. The Hall–Kier alpha value is -1.44. The molecule has 0 radical (unpaired) electrons. The van der Waals surface area contributed by atoms with E-state index in [9.17, 15) is 13.2 Å². The van der Waals surface area contributed by atoms with Gasteiger partial charge in [-0.25, -0.2) is 8.42 Å². The molecule has 2 aliphatic rings. The molecular formula is C21H33N3O3S. The molecule has 156 valence electrons. The Labute approximate surface area is 169 Å². The van der Waals surface area contributed by atoms with Crippen molar-refractivity contribution in [3.05, 3.63) is 29.3 Å². The molecule has 3 rings (SSSR count). The van der Waals surface area contributed by atoms with Crippen LogP contribution in [0.15, 0.2) is 23.1 Å². The van der Waals surface area contributed by atoms with Gasteiger partial charge in [-0.2, -0.15) is 4.31 Å². The van der Waals surface area contributed by atoms with Crippen molar-refractivity contribution in [2.45, 2.75) is 57.4 Å². The van der Waals surface area contributed by atoms with E-state index in [0.29, 0.717) is 43.7 Å². The highest BCUT2D eigenvalue weighted by Gasteiger charge is 2.30. The Kier molecular flexibility index (Phi) is 6.78. The predicted molar refractivity (Wildman–Crippen MR) is 111 cm³/mol. The lowest BCUT2D eigenvalue weighted by molar-refractivity contribution is -0.123. The minimum absolute atomic E-state index is 0.0604. The summed E-state index contributed by atoms with van der Waals surface area (Å²) in [7, 11) is -3.48. The van der Waals surface area contributed by atoms with E-state index in [2.05, 4.69) is 17.1 Å². The highest BCUT2D eigenvalue weighted by Crippen LogP contribution is 2.24. The van der Waals surface area contributed by atoms with Crippen LogP contribution in [-0.2, 0) is 14.8 Å². The first-order valence-corrected chi connectivity index (χ1v) is 11.8. The summed E-state index contributed by atoms with van der Waals surface area (Å²) in [6, 6.07) is 5.74. The van der Waals surface area contributed by atoms with Gasteiger partial charge >= 0.3 is 0 Å². The molecule has 0 aromatic heterocycles. The highest BCUT2D eigenvalue weighted by molar-refractivity contribution is 7.89. The summed E-state index contributed by atoms with van der Waals surface area (Å²) in [5.41, 5.74) is 1.84. The Morgan fingerprint density at radius 3 is 2.32 bits per heavy atom. The third kappa shape index (κ3) is 5.13. The number of nitrogens with one attached hydrogen (secondary N) is 1. The lowest BCUT2D eigenvalue weighted by Crippen LogP contribution is -2.52. The van der Waals surface area contributed by atoms with E-state index in [4.69, 9.17) is 0 Å². The third-order valence-electron chi connectivity index (χ3n) is 6.03. The summed E-state index contributed by atoms with van der Waals surface area (Å²) in [5, 5.41) is 3.15. The first kappa shape index (κ1) is 21.3. The molecule has 1 saturated heterocycles. The number of hydrogen-bond acceptors (Lipinski definition) is 4. The summed E-state index contributed by atoms with van der Waals surface area (Å²) in [6.07, 6.45) is 4.49. The van der Waals surface area contributed by atoms with E-state index in [0.717, 1.165) is 29.9 Å². The maximum Gasteiger partial charge on any atom is 0.243 e. The zero-order valence-corrected chi connectivity index (χ0v) is 18.1. The second-order valence-electron chi connectivity index (χ2n) is 8.47. The number of hydrogen-bond donors (Lipinski definition) is 1. The molecule has 1 N–H and O–H groups in total. The number of carbonyl (C=O) groups is 1. The number of rotatable bonds is 5. The fourth-order valence-electron chi connectivity index (χ4n) is 4.24. The van der Waals surface area contributed by atoms with E-state index < -0.39 is 10.0 Å². The molecule has 1 heterocycles. The van der Waals surface area contributed by atoms with Crippen molar-refractivity contribution in [2.75, 3.05) is 32.7 Å². The second kappa shape index (κ2) is 8.93. The highest BCUT2D eigenvalue weighted by atomic mass is 32.2. The molecule has 0 bridgehead atoms. The lowest BCUT2D eigenvalue weighted by atomic mass is 9.87. The van der Waals surface area contributed by atoms with Gasteiger partial charge in [0.05, 0.1) is 11.4 Å². The van der Waals surface area contributed by atoms with Crippen molar-refractivity contribution < 1.29 is 13.2 Å². The molecule has 7 heteroatoms. The van der Waals surface area contributed by atoms with Crippen LogP contribution in [0.4, 0.5) is 0 Å². The smallest absolute Gasteiger partial charge is 0.243 e. The normalized spacial score (nSPS) is 24.8. The van der Waals surface area contributed by atoms with Crippen LogP contribution in [0, 0.1) is 19.8 Å². The van der Waals surface area contributed by atoms with Gasteiger partial charge in [0.25, 0.3) is 0 Å². The minimum Gasteiger partial charge on any atom is -0.352 e. The monoisotopic (exact) mass is 407 g/mol. The zero-order valence-electron chi connectivity index (χ0n) is 17.3. The van der Waals surface area contributed by atoms with Gasteiger partial charge in [-0.05, 0) is 57.1 Å². The van der Waals surface area contributed by atoms with Crippen LogP contribution in [0.1, 0.15) is 43.7 Å².